The topological polar surface area (TPSA) is 29.5 Å². The van der Waals surface area contributed by atoms with Gasteiger partial charge in [-0.2, -0.15) is 0 Å². The predicted molar refractivity (Wildman–Crippen MR) is 59.4 cm³/mol. The standard InChI is InChI=1S/C11H14F2O2S/c12-8-7-11(13,5-4-9(8)14)15-10-3-1-2-6-16-10/h4-5,7,9-10,14H,1-3,6H2. The molecule has 0 aromatic rings. The van der Waals surface area contributed by atoms with Crippen molar-refractivity contribution in [2.75, 3.05) is 5.75 Å². The van der Waals surface area contributed by atoms with Gasteiger partial charge in [-0.15, -0.1) is 11.8 Å². The lowest BCUT2D eigenvalue weighted by Gasteiger charge is -2.29. The molecule has 0 amide bonds. The third-order valence-electron chi connectivity index (χ3n) is 2.57. The van der Waals surface area contributed by atoms with Gasteiger partial charge in [-0.25, -0.2) is 8.78 Å². The Balaban J connectivity index is 2.00. The fourth-order valence-electron chi connectivity index (χ4n) is 1.71. The molecule has 90 valence electrons. The fraction of sp³-hybridized carbons (Fsp3) is 0.636. The van der Waals surface area contributed by atoms with Gasteiger partial charge in [0.1, 0.15) is 17.4 Å². The molecule has 0 bridgehead atoms. The molecule has 1 heterocycles. The van der Waals surface area contributed by atoms with Gasteiger partial charge in [0.2, 0.25) is 0 Å². The van der Waals surface area contributed by atoms with E-state index >= 15 is 0 Å². The second-order valence-electron chi connectivity index (χ2n) is 3.94. The first kappa shape index (κ1) is 12.1. The molecule has 2 rings (SSSR count). The Kier molecular flexibility index (Phi) is 3.66. The van der Waals surface area contributed by atoms with Crippen LogP contribution in [0.5, 0.6) is 0 Å². The van der Waals surface area contributed by atoms with Crippen molar-refractivity contribution in [3.63, 3.8) is 0 Å². The van der Waals surface area contributed by atoms with Crippen molar-refractivity contribution < 1.29 is 18.6 Å². The third-order valence-corrected chi connectivity index (χ3v) is 3.80. The van der Waals surface area contributed by atoms with E-state index in [0.29, 0.717) is 6.08 Å². The Labute approximate surface area is 97.4 Å². The van der Waals surface area contributed by atoms with Crippen molar-refractivity contribution >= 4 is 11.8 Å². The molecule has 3 unspecified atom stereocenters. The van der Waals surface area contributed by atoms with E-state index in [0.717, 1.165) is 37.2 Å². The Hall–Kier alpha value is -0.390. The van der Waals surface area contributed by atoms with Gasteiger partial charge in [0, 0.05) is 6.08 Å². The second-order valence-corrected chi connectivity index (χ2v) is 5.21. The summed E-state index contributed by atoms with van der Waals surface area (Å²) in [4.78, 5) is 0. The highest BCUT2D eigenvalue weighted by Crippen LogP contribution is 2.34. The van der Waals surface area contributed by atoms with E-state index in [1.54, 1.807) is 11.8 Å². The summed E-state index contributed by atoms with van der Waals surface area (Å²) in [5, 5.41) is 9.06. The smallest absolute Gasteiger partial charge is 0.251 e. The molecule has 16 heavy (non-hydrogen) atoms. The predicted octanol–water partition coefficient (Wildman–Crippen LogP) is 2.70. The van der Waals surface area contributed by atoms with E-state index in [4.69, 9.17) is 9.84 Å². The average Bonchev–Trinajstić information content (AvgIpc) is 2.25. The molecule has 1 N–H and O–H groups in total. The van der Waals surface area contributed by atoms with Crippen LogP contribution in [-0.2, 0) is 4.74 Å². The third kappa shape index (κ3) is 2.84. The molecule has 0 spiro atoms. The highest BCUT2D eigenvalue weighted by molar-refractivity contribution is 7.99. The van der Waals surface area contributed by atoms with Crippen molar-refractivity contribution in [2.45, 2.75) is 36.7 Å². The van der Waals surface area contributed by atoms with Gasteiger partial charge in [0.05, 0.1) is 0 Å². The summed E-state index contributed by atoms with van der Waals surface area (Å²) in [7, 11) is 0. The van der Waals surface area contributed by atoms with Crippen molar-refractivity contribution in [2.24, 2.45) is 0 Å². The van der Waals surface area contributed by atoms with Crippen LogP contribution < -0.4 is 0 Å². The minimum Gasteiger partial charge on any atom is -0.382 e. The molecule has 1 saturated heterocycles. The van der Waals surface area contributed by atoms with E-state index < -0.39 is 17.8 Å². The lowest BCUT2D eigenvalue weighted by Crippen LogP contribution is -2.31. The maximum atomic E-state index is 14.0. The van der Waals surface area contributed by atoms with Crippen LogP contribution in [0, 0.1) is 0 Å². The summed E-state index contributed by atoms with van der Waals surface area (Å²) in [5.74, 6) is -2.16. The minimum atomic E-state index is -2.21. The number of aliphatic hydroxyl groups is 1. The normalized spacial score (nSPS) is 39.6. The lowest BCUT2D eigenvalue weighted by atomic mass is 10.1. The van der Waals surface area contributed by atoms with E-state index in [9.17, 15) is 8.78 Å². The number of alkyl halides is 1. The van der Waals surface area contributed by atoms with Crippen LogP contribution in [0.25, 0.3) is 0 Å². The Bertz CT molecular complexity index is 313. The molecule has 2 nitrogen and oxygen atoms in total. The van der Waals surface area contributed by atoms with Crippen LogP contribution in [0.4, 0.5) is 8.78 Å². The van der Waals surface area contributed by atoms with Crippen molar-refractivity contribution in [1.82, 2.24) is 0 Å². The Morgan fingerprint density at radius 1 is 1.50 bits per heavy atom. The first-order valence-electron chi connectivity index (χ1n) is 5.33. The maximum absolute atomic E-state index is 14.0. The number of thioether (sulfide) groups is 1. The number of hydrogen-bond acceptors (Lipinski definition) is 3. The molecular formula is C11H14F2O2S. The van der Waals surface area contributed by atoms with Gasteiger partial charge < -0.3 is 9.84 Å². The van der Waals surface area contributed by atoms with E-state index in [2.05, 4.69) is 0 Å². The van der Waals surface area contributed by atoms with Crippen LogP contribution in [-0.4, -0.2) is 28.3 Å². The summed E-state index contributed by atoms with van der Waals surface area (Å²) in [6.45, 7) is 0. The number of aliphatic hydroxyl groups excluding tert-OH is 1. The van der Waals surface area contributed by atoms with E-state index in [1.165, 1.54) is 0 Å². The van der Waals surface area contributed by atoms with Crippen LogP contribution in [0.2, 0.25) is 0 Å². The van der Waals surface area contributed by atoms with Crippen molar-refractivity contribution in [1.29, 1.82) is 0 Å². The number of halogens is 2. The molecule has 2 aliphatic rings. The Morgan fingerprint density at radius 2 is 2.31 bits per heavy atom. The monoisotopic (exact) mass is 248 g/mol. The molecule has 3 atom stereocenters. The summed E-state index contributed by atoms with van der Waals surface area (Å²) in [6, 6.07) is 0. The number of hydrogen-bond donors (Lipinski definition) is 1. The highest BCUT2D eigenvalue weighted by atomic mass is 32.2. The van der Waals surface area contributed by atoms with E-state index in [1.807, 2.05) is 0 Å². The second kappa shape index (κ2) is 4.85. The Morgan fingerprint density at radius 3 is 2.94 bits per heavy atom. The van der Waals surface area contributed by atoms with Crippen LogP contribution in [0.1, 0.15) is 19.3 Å². The van der Waals surface area contributed by atoms with E-state index in [-0.39, 0.29) is 5.44 Å². The zero-order chi connectivity index (χ0) is 11.6. The number of ether oxygens (including phenoxy) is 1. The highest BCUT2D eigenvalue weighted by Gasteiger charge is 2.34. The zero-order valence-electron chi connectivity index (χ0n) is 8.73. The van der Waals surface area contributed by atoms with Gasteiger partial charge in [-0.05, 0) is 37.2 Å². The molecular weight excluding hydrogens is 234 g/mol. The molecule has 0 aromatic carbocycles. The van der Waals surface area contributed by atoms with Gasteiger partial charge in [0.25, 0.3) is 5.85 Å². The SMILES string of the molecule is OC1C=CC(F)(OC2CCCCS2)C=C1F. The average molecular weight is 248 g/mol. The summed E-state index contributed by atoms with van der Waals surface area (Å²) in [6.07, 6.45) is 4.40. The van der Waals surface area contributed by atoms with Gasteiger partial charge in [-0.3, -0.25) is 0 Å². The molecule has 5 heteroatoms. The zero-order valence-corrected chi connectivity index (χ0v) is 9.55. The van der Waals surface area contributed by atoms with Crippen LogP contribution in [0.3, 0.4) is 0 Å². The van der Waals surface area contributed by atoms with Crippen molar-refractivity contribution in [3.8, 4) is 0 Å². The first-order chi connectivity index (χ1) is 7.59. The van der Waals surface area contributed by atoms with Crippen LogP contribution >= 0.6 is 11.8 Å². The quantitative estimate of drug-likeness (QED) is 0.762. The lowest BCUT2D eigenvalue weighted by molar-refractivity contribution is -0.0882. The minimum absolute atomic E-state index is 0.234. The molecule has 1 aliphatic carbocycles. The van der Waals surface area contributed by atoms with Gasteiger partial charge in [-0.1, -0.05) is 0 Å². The van der Waals surface area contributed by atoms with Crippen molar-refractivity contribution in [3.05, 3.63) is 24.1 Å². The fourth-order valence-corrected chi connectivity index (χ4v) is 2.90. The molecule has 1 aliphatic heterocycles. The van der Waals surface area contributed by atoms with Gasteiger partial charge >= 0.3 is 0 Å². The maximum Gasteiger partial charge on any atom is 0.251 e. The van der Waals surface area contributed by atoms with Crippen LogP contribution in [0.15, 0.2) is 24.1 Å². The largest absolute Gasteiger partial charge is 0.382 e. The summed E-state index contributed by atoms with van der Waals surface area (Å²) < 4.78 is 32.3. The molecule has 1 fully saturated rings. The summed E-state index contributed by atoms with van der Waals surface area (Å²) in [5.41, 5.74) is -0.234. The first-order valence-corrected chi connectivity index (χ1v) is 6.38. The number of rotatable bonds is 2. The summed E-state index contributed by atoms with van der Waals surface area (Å²) >= 11 is 1.55. The molecule has 0 saturated carbocycles. The molecule has 0 aromatic heterocycles. The van der Waals surface area contributed by atoms with Gasteiger partial charge in [0.15, 0.2) is 0 Å². The molecule has 0 radical (unpaired) electrons.